The van der Waals surface area contributed by atoms with E-state index in [1.807, 2.05) is 6.07 Å². The summed E-state index contributed by atoms with van der Waals surface area (Å²) < 4.78 is 3.24. The first-order chi connectivity index (χ1) is 8.06. The zero-order valence-corrected chi connectivity index (χ0v) is 15.0. The molecular weight excluding hydrogens is 476 g/mol. The van der Waals surface area contributed by atoms with Gasteiger partial charge in [-0.25, -0.2) is 0 Å². The van der Waals surface area contributed by atoms with Gasteiger partial charge in [0, 0.05) is 13.4 Å². The van der Waals surface area contributed by atoms with Crippen molar-refractivity contribution in [2.45, 2.75) is 4.83 Å². The van der Waals surface area contributed by atoms with Crippen molar-refractivity contribution in [2.75, 3.05) is 0 Å². The van der Waals surface area contributed by atoms with Crippen LogP contribution < -0.4 is 0 Å². The minimum absolute atomic E-state index is 0.199. The summed E-state index contributed by atoms with van der Waals surface area (Å²) in [4.78, 5) is 0.199. The summed E-state index contributed by atoms with van der Waals surface area (Å²) in [6, 6.07) is 14.6. The Morgan fingerprint density at radius 3 is 1.71 bits per heavy atom. The molecule has 0 aliphatic heterocycles. The van der Waals surface area contributed by atoms with Crippen molar-refractivity contribution in [3.8, 4) is 0 Å². The molecule has 2 rings (SSSR count). The highest BCUT2D eigenvalue weighted by atomic mass is 79.9. The van der Waals surface area contributed by atoms with Crippen LogP contribution in [0, 0.1) is 0 Å². The average Bonchev–Trinajstić information content (AvgIpc) is 2.28. The monoisotopic (exact) mass is 480 g/mol. The van der Waals surface area contributed by atoms with Crippen LogP contribution >= 0.6 is 63.7 Å². The van der Waals surface area contributed by atoms with E-state index in [4.69, 9.17) is 0 Å². The van der Waals surface area contributed by atoms with E-state index in [0.29, 0.717) is 0 Å². The number of halogens is 4. The lowest BCUT2D eigenvalue weighted by Gasteiger charge is -2.12. The molecule has 0 aliphatic rings. The standard InChI is InChI=1S/C13H8Br4/c14-10-3-1-8(2-4-10)13(17)9-5-11(15)7-12(16)6-9/h1-7,13H. The molecule has 0 amide bonds. The first-order valence-electron chi connectivity index (χ1n) is 4.92. The van der Waals surface area contributed by atoms with E-state index < -0.39 is 0 Å². The largest absolute Gasteiger partial charge is 0.0786 e. The number of alkyl halides is 1. The fourth-order valence-electron chi connectivity index (χ4n) is 1.55. The van der Waals surface area contributed by atoms with Crippen LogP contribution in [0.3, 0.4) is 0 Å². The predicted molar refractivity (Wildman–Crippen MR) is 86.8 cm³/mol. The zero-order valence-electron chi connectivity index (χ0n) is 8.63. The van der Waals surface area contributed by atoms with Gasteiger partial charge in [0.25, 0.3) is 0 Å². The summed E-state index contributed by atoms with van der Waals surface area (Å²) in [5, 5.41) is 0. The SMILES string of the molecule is Brc1ccc(C(Br)c2cc(Br)cc(Br)c2)cc1. The molecule has 0 N–H and O–H groups in total. The number of hydrogen-bond acceptors (Lipinski definition) is 0. The highest BCUT2D eigenvalue weighted by Crippen LogP contribution is 2.34. The van der Waals surface area contributed by atoms with Crippen LogP contribution in [-0.2, 0) is 0 Å². The van der Waals surface area contributed by atoms with Crippen LogP contribution in [0.4, 0.5) is 0 Å². The Hall–Kier alpha value is 0.360. The molecule has 0 aromatic heterocycles. The van der Waals surface area contributed by atoms with Gasteiger partial charge in [0.05, 0.1) is 4.83 Å². The van der Waals surface area contributed by atoms with Crippen molar-refractivity contribution in [1.82, 2.24) is 0 Å². The number of hydrogen-bond donors (Lipinski definition) is 0. The van der Waals surface area contributed by atoms with Gasteiger partial charge in [-0.3, -0.25) is 0 Å². The van der Waals surface area contributed by atoms with Crippen molar-refractivity contribution in [3.05, 3.63) is 67.0 Å². The first-order valence-corrected chi connectivity index (χ1v) is 8.21. The van der Waals surface area contributed by atoms with E-state index in [0.717, 1.165) is 13.4 Å². The summed E-state index contributed by atoms with van der Waals surface area (Å²) >= 11 is 14.2. The molecule has 0 aliphatic carbocycles. The highest BCUT2D eigenvalue weighted by molar-refractivity contribution is 9.11. The molecule has 0 fully saturated rings. The van der Waals surface area contributed by atoms with Gasteiger partial charge in [-0.15, -0.1) is 0 Å². The maximum absolute atomic E-state index is 3.73. The number of benzene rings is 2. The van der Waals surface area contributed by atoms with E-state index in [9.17, 15) is 0 Å². The van der Waals surface area contributed by atoms with Crippen molar-refractivity contribution in [2.24, 2.45) is 0 Å². The summed E-state index contributed by atoms with van der Waals surface area (Å²) in [6.07, 6.45) is 0. The molecule has 0 bridgehead atoms. The van der Waals surface area contributed by atoms with Gasteiger partial charge in [0.15, 0.2) is 0 Å². The van der Waals surface area contributed by atoms with Crippen molar-refractivity contribution in [1.29, 1.82) is 0 Å². The van der Waals surface area contributed by atoms with E-state index in [1.54, 1.807) is 0 Å². The Balaban J connectivity index is 2.36. The lowest BCUT2D eigenvalue weighted by molar-refractivity contribution is 1.17. The van der Waals surface area contributed by atoms with Gasteiger partial charge >= 0.3 is 0 Å². The van der Waals surface area contributed by atoms with Crippen LogP contribution in [-0.4, -0.2) is 0 Å². The maximum atomic E-state index is 3.73. The third-order valence-electron chi connectivity index (χ3n) is 2.34. The van der Waals surface area contributed by atoms with E-state index in [1.165, 1.54) is 11.1 Å². The first kappa shape index (κ1) is 13.8. The van der Waals surface area contributed by atoms with Crippen LogP contribution in [0.1, 0.15) is 16.0 Å². The summed E-state index contributed by atoms with van der Waals surface area (Å²) in [5.74, 6) is 0. The second-order valence-corrected chi connectivity index (χ2v) is 7.28. The highest BCUT2D eigenvalue weighted by Gasteiger charge is 2.11. The molecule has 2 aromatic carbocycles. The molecule has 17 heavy (non-hydrogen) atoms. The lowest BCUT2D eigenvalue weighted by Crippen LogP contribution is -1.92. The molecule has 88 valence electrons. The van der Waals surface area contributed by atoms with Gasteiger partial charge in [-0.1, -0.05) is 75.9 Å². The molecule has 1 unspecified atom stereocenters. The Morgan fingerprint density at radius 2 is 1.18 bits per heavy atom. The molecule has 0 radical (unpaired) electrons. The normalized spacial score (nSPS) is 12.5. The third-order valence-corrected chi connectivity index (χ3v) is 4.84. The third kappa shape index (κ3) is 3.66. The Morgan fingerprint density at radius 1 is 0.647 bits per heavy atom. The van der Waals surface area contributed by atoms with E-state index in [-0.39, 0.29) is 4.83 Å². The van der Waals surface area contributed by atoms with E-state index >= 15 is 0 Å². The second-order valence-electron chi connectivity index (χ2n) is 3.62. The topological polar surface area (TPSA) is 0 Å². The fourth-order valence-corrected chi connectivity index (χ4v) is 3.71. The van der Waals surface area contributed by atoms with Crippen LogP contribution in [0.5, 0.6) is 0 Å². The van der Waals surface area contributed by atoms with Gasteiger partial charge in [-0.2, -0.15) is 0 Å². The predicted octanol–water partition coefficient (Wildman–Crippen LogP) is 6.46. The van der Waals surface area contributed by atoms with Gasteiger partial charge in [0.1, 0.15) is 0 Å². The van der Waals surface area contributed by atoms with Crippen LogP contribution in [0.15, 0.2) is 55.9 Å². The molecular formula is C13H8Br4. The quantitative estimate of drug-likeness (QED) is 0.430. The minimum Gasteiger partial charge on any atom is -0.0786 e. The summed E-state index contributed by atoms with van der Waals surface area (Å²) in [7, 11) is 0. The van der Waals surface area contributed by atoms with Crippen molar-refractivity contribution >= 4 is 63.7 Å². The molecule has 0 spiro atoms. The zero-order chi connectivity index (χ0) is 12.4. The molecule has 0 saturated heterocycles. The van der Waals surface area contributed by atoms with Gasteiger partial charge in [0.2, 0.25) is 0 Å². The number of rotatable bonds is 2. The fraction of sp³-hybridized carbons (Fsp3) is 0.0769. The maximum Gasteiger partial charge on any atom is 0.0645 e. The molecule has 0 nitrogen and oxygen atoms in total. The average molecular weight is 484 g/mol. The van der Waals surface area contributed by atoms with Gasteiger partial charge < -0.3 is 0 Å². The minimum atomic E-state index is 0.199. The van der Waals surface area contributed by atoms with Crippen LogP contribution in [0.2, 0.25) is 0 Å². The Bertz CT molecular complexity index is 499. The smallest absolute Gasteiger partial charge is 0.0645 e. The van der Waals surface area contributed by atoms with Gasteiger partial charge in [-0.05, 0) is 41.5 Å². The van der Waals surface area contributed by atoms with Crippen molar-refractivity contribution in [3.63, 3.8) is 0 Å². The molecule has 4 heteroatoms. The molecule has 0 heterocycles. The summed E-state index contributed by atoms with van der Waals surface area (Å²) in [6.45, 7) is 0. The Kier molecular flexibility index (Phi) is 4.87. The lowest BCUT2D eigenvalue weighted by atomic mass is 10.1. The van der Waals surface area contributed by atoms with Crippen molar-refractivity contribution < 1.29 is 0 Å². The van der Waals surface area contributed by atoms with Crippen LogP contribution in [0.25, 0.3) is 0 Å². The molecule has 1 atom stereocenters. The summed E-state index contributed by atoms with van der Waals surface area (Å²) in [5.41, 5.74) is 2.45. The van der Waals surface area contributed by atoms with E-state index in [2.05, 4.69) is 100 Å². The molecule has 2 aromatic rings. The second kappa shape index (κ2) is 6.00. The Labute approximate surface area is 134 Å². The molecule has 0 saturated carbocycles.